The fourth-order valence-electron chi connectivity index (χ4n) is 2.68. The lowest BCUT2D eigenvalue weighted by Gasteiger charge is -2.37. The number of sulfone groups is 1. The fraction of sp³-hybridized carbons (Fsp3) is 0.375. The van der Waals surface area contributed by atoms with E-state index in [-0.39, 0.29) is 11.6 Å². The van der Waals surface area contributed by atoms with Crippen LogP contribution in [0.3, 0.4) is 0 Å². The number of pyridine rings is 1. The van der Waals surface area contributed by atoms with Crippen molar-refractivity contribution >= 4 is 50.2 Å². The van der Waals surface area contributed by atoms with Crippen LogP contribution in [-0.4, -0.2) is 29.7 Å². The van der Waals surface area contributed by atoms with Crippen LogP contribution in [0.2, 0.25) is 10.0 Å². The van der Waals surface area contributed by atoms with Gasteiger partial charge in [-0.2, -0.15) is 0 Å². The molecule has 0 aromatic carbocycles. The molecule has 0 bridgehead atoms. The van der Waals surface area contributed by atoms with Gasteiger partial charge in [-0.3, -0.25) is 9.98 Å². The zero-order valence-electron chi connectivity index (χ0n) is 13.9. The molecule has 2 N–H and O–H groups in total. The van der Waals surface area contributed by atoms with Crippen LogP contribution in [0.25, 0.3) is 10.4 Å². The molecule has 0 radical (unpaired) electrons. The first kappa shape index (κ1) is 18.6. The number of hydrogen-bond acceptors (Lipinski definition) is 6. The number of aromatic nitrogens is 1. The van der Waals surface area contributed by atoms with Gasteiger partial charge >= 0.3 is 0 Å². The number of nitrogens with two attached hydrogens (primary N) is 1. The molecule has 1 unspecified atom stereocenters. The van der Waals surface area contributed by atoms with E-state index in [0.717, 1.165) is 10.4 Å². The van der Waals surface area contributed by atoms with E-state index in [1.165, 1.54) is 11.3 Å². The average Bonchev–Trinajstić information content (AvgIpc) is 2.88. The summed E-state index contributed by atoms with van der Waals surface area (Å²) in [5.74, 6) is -0.0575. The Bertz CT molecular complexity index is 983. The van der Waals surface area contributed by atoms with E-state index in [2.05, 4.69) is 9.98 Å². The Morgan fingerprint density at radius 1 is 1.20 bits per heavy atom. The third-order valence-electron chi connectivity index (χ3n) is 4.40. The first-order valence-electron chi connectivity index (χ1n) is 7.45. The zero-order chi connectivity index (χ0) is 18.6. The predicted octanol–water partition coefficient (Wildman–Crippen LogP) is 3.90. The standard InChI is InChI=1S/C16H17Cl2N3O2S2/c1-15(2)14(19)21-16(3,8-25(15,22)23)13-11(18)5-12(24-13)9-4-10(17)7-20-6-9/h4-7H,8H2,1-3H3,(H2,19,21). The molecule has 1 aliphatic rings. The van der Waals surface area contributed by atoms with E-state index in [1.54, 1.807) is 45.3 Å². The van der Waals surface area contributed by atoms with Crippen molar-refractivity contribution in [3.8, 4) is 10.4 Å². The molecule has 2 aromatic heterocycles. The zero-order valence-corrected chi connectivity index (χ0v) is 17.0. The van der Waals surface area contributed by atoms with Crippen molar-refractivity contribution in [2.45, 2.75) is 31.1 Å². The van der Waals surface area contributed by atoms with Crippen LogP contribution in [0.1, 0.15) is 25.6 Å². The number of halogens is 2. The summed E-state index contributed by atoms with van der Waals surface area (Å²) in [7, 11) is -3.49. The monoisotopic (exact) mass is 417 g/mol. The molecule has 1 atom stereocenters. The Kier molecular flexibility index (Phi) is 4.43. The summed E-state index contributed by atoms with van der Waals surface area (Å²) < 4.78 is 24.2. The maximum absolute atomic E-state index is 12.7. The molecule has 1 aliphatic heterocycles. The Balaban J connectivity index is 2.13. The second kappa shape index (κ2) is 5.94. The molecule has 2 aromatic rings. The van der Waals surface area contributed by atoms with Crippen LogP contribution in [0.4, 0.5) is 0 Å². The van der Waals surface area contributed by atoms with Crippen molar-refractivity contribution in [1.29, 1.82) is 0 Å². The molecule has 0 amide bonds. The van der Waals surface area contributed by atoms with Crippen LogP contribution in [0.5, 0.6) is 0 Å². The lowest BCUT2D eigenvalue weighted by atomic mass is 10.0. The summed E-state index contributed by atoms with van der Waals surface area (Å²) in [6.07, 6.45) is 3.22. The lowest BCUT2D eigenvalue weighted by Crippen LogP contribution is -2.54. The first-order valence-corrected chi connectivity index (χ1v) is 10.7. The minimum absolute atomic E-state index is 0.0942. The number of aliphatic imine (C=N–C) groups is 1. The normalized spacial score (nSPS) is 24.8. The fourth-order valence-corrected chi connectivity index (χ4v) is 6.24. The van der Waals surface area contributed by atoms with E-state index >= 15 is 0 Å². The Morgan fingerprint density at radius 3 is 2.48 bits per heavy atom. The van der Waals surface area contributed by atoms with Crippen LogP contribution < -0.4 is 5.73 Å². The van der Waals surface area contributed by atoms with Crippen LogP contribution in [0, 0.1) is 0 Å². The van der Waals surface area contributed by atoms with E-state index in [4.69, 9.17) is 28.9 Å². The molecule has 5 nitrogen and oxygen atoms in total. The number of amidine groups is 1. The maximum Gasteiger partial charge on any atom is 0.165 e. The van der Waals surface area contributed by atoms with Gasteiger partial charge in [-0.15, -0.1) is 11.3 Å². The van der Waals surface area contributed by atoms with Crippen molar-refractivity contribution in [2.75, 3.05) is 5.75 Å². The lowest BCUT2D eigenvalue weighted by molar-refractivity contribution is 0.507. The first-order chi connectivity index (χ1) is 11.5. The van der Waals surface area contributed by atoms with Gasteiger partial charge in [-0.25, -0.2) is 8.42 Å². The average molecular weight is 418 g/mol. The van der Waals surface area contributed by atoms with Gasteiger partial charge in [0.05, 0.1) is 20.7 Å². The van der Waals surface area contributed by atoms with Gasteiger partial charge in [-0.05, 0) is 32.9 Å². The molecule has 0 saturated carbocycles. The summed E-state index contributed by atoms with van der Waals surface area (Å²) in [4.78, 5) is 10.1. The molecular weight excluding hydrogens is 401 g/mol. The SMILES string of the molecule is CC1(c2sc(-c3cncc(Cl)c3)cc2Cl)CS(=O)(=O)C(C)(C)C(N)=N1. The molecule has 0 spiro atoms. The highest BCUT2D eigenvalue weighted by atomic mass is 35.5. The van der Waals surface area contributed by atoms with E-state index in [1.807, 2.05) is 0 Å². The third kappa shape index (κ3) is 3.07. The molecule has 9 heteroatoms. The topological polar surface area (TPSA) is 85.4 Å². The van der Waals surface area contributed by atoms with Gasteiger partial charge in [-0.1, -0.05) is 23.2 Å². The van der Waals surface area contributed by atoms with Gasteiger partial charge in [0.2, 0.25) is 0 Å². The summed E-state index contributed by atoms with van der Waals surface area (Å²) in [5, 5.41) is 0.966. The second-order valence-corrected chi connectivity index (χ2v) is 11.2. The Hall–Kier alpha value is -1.15. The molecule has 3 rings (SSSR count). The van der Waals surface area contributed by atoms with Gasteiger partial charge < -0.3 is 5.73 Å². The van der Waals surface area contributed by atoms with E-state index in [0.29, 0.717) is 14.9 Å². The summed E-state index contributed by atoms with van der Waals surface area (Å²) in [6.45, 7) is 4.88. The Labute approximate surface area is 160 Å². The number of hydrogen-bond donors (Lipinski definition) is 1. The van der Waals surface area contributed by atoms with Crippen molar-refractivity contribution in [2.24, 2.45) is 10.7 Å². The largest absolute Gasteiger partial charge is 0.386 e. The molecule has 0 fully saturated rings. The molecule has 3 heterocycles. The van der Waals surface area contributed by atoms with Gasteiger partial charge in [0.1, 0.15) is 16.1 Å². The van der Waals surface area contributed by atoms with Crippen molar-refractivity contribution < 1.29 is 8.42 Å². The second-order valence-electron chi connectivity index (χ2n) is 6.72. The highest BCUT2D eigenvalue weighted by molar-refractivity contribution is 7.93. The van der Waals surface area contributed by atoms with Crippen LogP contribution in [-0.2, 0) is 15.4 Å². The molecule has 0 aliphatic carbocycles. The predicted molar refractivity (Wildman–Crippen MR) is 104 cm³/mol. The number of nitrogens with zero attached hydrogens (tertiary/aromatic N) is 2. The molecular formula is C16H17Cl2N3O2S2. The van der Waals surface area contributed by atoms with Gasteiger partial charge in [0, 0.05) is 22.8 Å². The van der Waals surface area contributed by atoms with Crippen molar-refractivity contribution in [3.05, 3.63) is 39.4 Å². The number of thiophene rings is 1. The maximum atomic E-state index is 12.7. The summed E-state index contributed by atoms with van der Waals surface area (Å²) >= 11 is 13.8. The van der Waals surface area contributed by atoms with Gasteiger partial charge in [0.25, 0.3) is 0 Å². The third-order valence-corrected chi connectivity index (χ3v) is 9.16. The Morgan fingerprint density at radius 2 is 1.88 bits per heavy atom. The molecule has 134 valence electrons. The van der Waals surface area contributed by atoms with E-state index in [9.17, 15) is 8.42 Å². The highest BCUT2D eigenvalue weighted by Gasteiger charge is 2.49. The highest BCUT2D eigenvalue weighted by Crippen LogP contribution is 2.45. The minimum atomic E-state index is -3.49. The number of rotatable bonds is 2. The van der Waals surface area contributed by atoms with Crippen LogP contribution >= 0.6 is 34.5 Å². The minimum Gasteiger partial charge on any atom is -0.386 e. The smallest absolute Gasteiger partial charge is 0.165 e. The summed E-state index contributed by atoms with van der Waals surface area (Å²) in [5.41, 5.74) is 5.78. The molecule has 0 saturated heterocycles. The van der Waals surface area contributed by atoms with E-state index < -0.39 is 20.1 Å². The summed E-state index contributed by atoms with van der Waals surface area (Å²) in [6, 6.07) is 3.55. The quantitative estimate of drug-likeness (QED) is 0.802. The van der Waals surface area contributed by atoms with Gasteiger partial charge in [0.15, 0.2) is 9.84 Å². The van der Waals surface area contributed by atoms with Crippen LogP contribution in [0.15, 0.2) is 29.5 Å². The van der Waals surface area contributed by atoms with Crippen molar-refractivity contribution in [1.82, 2.24) is 4.98 Å². The molecule has 25 heavy (non-hydrogen) atoms. The van der Waals surface area contributed by atoms with Crippen molar-refractivity contribution in [3.63, 3.8) is 0 Å².